The number of rotatable bonds is 2. The molecule has 0 fully saturated rings. The van der Waals surface area contributed by atoms with Crippen LogP contribution in [-0.2, 0) is 17.8 Å². The molecule has 0 radical (unpaired) electrons. The van der Waals surface area contributed by atoms with Gasteiger partial charge in [0.15, 0.2) is 0 Å². The van der Waals surface area contributed by atoms with Crippen molar-refractivity contribution < 1.29 is 19.1 Å². The third-order valence-corrected chi connectivity index (χ3v) is 3.72. The Morgan fingerprint density at radius 1 is 1.48 bits per heavy atom. The number of carboxylic acid groups (broad SMARTS) is 1. The summed E-state index contributed by atoms with van der Waals surface area (Å²) < 4.78 is 5.36. The van der Waals surface area contributed by atoms with E-state index in [0.717, 1.165) is 5.69 Å². The Bertz CT molecular complexity index is 716. The molecule has 3 rings (SSSR count). The number of carbonyl (C=O) groups is 2. The van der Waals surface area contributed by atoms with E-state index in [9.17, 15) is 14.7 Å². The van der Waals surface area contributed by atoms with E-state index in [0.29, 0.717) is 22.8 Å². The van der Waals surface area contributed by atoms with Crippen LogP contribution >= 0.6 is 0 Å². The van der Waals surface area contributed by atoms with Gasteiger partial charge in [-0.05, 0) is 19.9 Å². The van der Waals surface area contributed by atoms with Gasteiger partial charge in [0, 0.05) is 6.42 Å². The van der Waals surface area contributed by atoms with Crippen molar-refractivity contribution in [1.82, 2.24) is 14.9 Å². The maximum atomic E-state index is 12.6. The first-order valence-electron chi connectivity index (χ1n) is 6.59. The van der Waals surface area contributed by atoms with Crippen molar-refractivity contribution in [3.8, 4) is 0 Å². The molecular weight excluding hydrogens is 274 g/mol. The molecule has 21 heavy (non-hydrogen) atoms. The molecule has 0 saturated heterocycles. The summed E-state index contributed by atoms with van der Waals surface area (Å²) in [5.41, 5.74) is 1.88. The Kier molecular flexibility index (Phi) is 3.04. The maximum absolute atomic E-state index is 12.6. The fourth-order valence-electron chi connectivity index (χ4n) is 2.67. The minimum Gasteiger partial charge on any atom is -0.480 e. The average molecular weight is 289 g/mol. The molecule has 1 aliphatic rings. The second-order valence-electron chi connectivity index (χ2n) is 5.15. The lowest BCUT2D eigenvalue weighted by molar-refractivity contribution is -0.142. The molecule has 0 aliphatic carbocycles. The van der Waals surface area contributed by atoms with Crippen LogP contribution in [0.3, 0.4) is 0 Å². The van der Waals surface area contributed by atoms with Gasteiger partial charge in [-0.1, -0.05) is 0 Å². The zero-order chi connectivity index (χ0) is 15.1. The van der Waals surface area contributed by atoms with Crippen molar-refractivity contribution in [2.45, 2.75) is 32.9 Å². The third kappa shape index (κ3) is 2.20. The van der Waals surface area contributed by atoms with Gasteiger partial charge in [-0.25, -0.2) is 9.78 Å². The molecule has 7 nitrogen and oxygen atoms in total. The zero-order valence-corrected chi connectivity index (χ0v) is 11.7. The molecule has 2 N–H and O–H groups in total. The van der Waals surface area contributed by atoms with Crippen LogP contribution in [0.15, 0.2) is 16.8 Å². The highest BCUT2D eigenvalue weighted by Crippen LogP contribution is 2.25. The van der Waals surface area contributed by atoms with Gasteiger partial charge in [0.25, 0.3) is 5.91 Å². The number of carboxylic acids is 1. The highest BCUT2D eigenvalue weighted by atomic mass is 16.4. The number of aromatic nitrogens is 2. The lowest BCUT2D eigenvalue weighted by atomic mass is 10.0. The Labute approximate surface area is 120 Å². The first-order chi connectivity index (χ1) is 9.97. The first-order valence-corrected chi connectivity index (χ1v) is 6.59. The number of furan rings is 1. The second kappa shape index (κ2) is 4.76. The topological polar surface area (TPSA) is 99.4 Å². The quantitative estimate of drug-likeness (QED) is 0.867. The normalized spacial score (nSPS) is 17.6. The minimum atomic E-state index is -1.03. The van der Waals surface area contributed by atoms with Gasteiger partial charge >= 0.3 is 5.97 Å². The van der Waals surface area contributed by atoms with Gasteiger partial charge < -0.3 is 19.4 Å². The third-order valence-electron chi connectivity index (χ3n) is 3.72. The SMILES string of the molecule is Cc1cc(C(=O)N2Cc3[nH]cnc3CC2C(=O)O)c(C)o1. The van der Waals surface area contributed by atoms with Crippen molar-refractivity contribution in [1.29, 1.82) is 0 Å². The van der Waals surface area contributed by atoms with Crippen LogP contribution in [0.2, 0.25) is 0 Å². The fraction of sp³-hybridized carbons (Fsp3) is 0.357. The van der Waals surface area contributed by atoms with Crippen LogP contribution in [0.5, 0.6) is 0 Å². The Balaban J connectivity index is 1.97. The van der Waals surface area contributed by atoms with Gasteiger partial charge in [-0.3, -0.25) is 4.79 Å². The molecule has 0 bridgehead atoms. The number of hydrogen-bond donors (Lipinski definition) is 2. The van der Waals surface area contributed by atoms with E-state index in [4.69, 9.17) is 4.42 Å². The summed E-state index contributed by atoms with van der Waals surface area (Å²) in [5.74, 6) is -0.245. The summed E-state index contributed by atoms with van der Waals surface area (Å²) in [6.07, 6.45) is 1.72. The Morgan fingerprint density at radius 3 is 2.86 bits per heavy atom. The van der Waals surface area contributed by atoms with Crippen LogP contribution in [0.4, 0.5) is 0 Å². The second-order valence-corrected chi connectivity index (χ2v) is 5.15. The van der Waals surface area contributed by atoms with Crippen LogP contribution in [0, 0.1) is 13.8 Å². The van der Waals surface area contributed by atoms with Crippen LogP contribution < -0.4 is 0 Å². The standard InChI is InChI=1S/C14H15N3O4/c1-7-3-9(8(2)21-7)13(18)17-5-11-10(15-6-16-11)4-12(17)14(19)20/h3,6,12H,4-5H2,1-2H3,(H,15,16)(H,19,20). The van der Waals surface area contributed by atoms with Crippen molar-refractivity contribution >= 4 is 11.9 Å². The summed E-state index contributed by atoms with van der Waals surface area (Å²) in [6, 6.07) is 0.724. The number of fused-ring (bicyclic) bond motifs is 1. The molecule has 2 aromatic heterocycles. The highest BCUT2D eigenvalue weighted by Gasteiger charge is 2.37. The van der Waals surface area contributed by atoms with E-state index in [-0.39, 0.29) is 18.9 Å². The van der Waals surface area contributed by atoms with Crippen LogP contribution in [0.25, 0.3) is 0 Å². The molecule has 1 unspecified atom stereocenters. The molecule has 1 atom stereocenters. The number of nitrogens with zero attached hydrogens (tertiary/aromatic N) is 2. The summed E-state index contributed by atoms with van der Waals surface area (Å²) in [6.45, 7) is 3.65. The summed E-state index contributed by atoms with van der Waals surface area (Å²) in [7, 11) is 0. The number of carbonyl (C=O) groups excluding carboxylic acids is 1. The van der Waals surface area contributed by atoms with E-state index < -0.39 is 12.0 Å². The Morgan fingerprint density at radius 2 is 2.24 bits per heavy atom. The van der Waals surface area contributed by atoms with E-state index >= 15 is 0 Å². The van der Waals surface area contributed by atoms with E-state index in [1.165, 1.54) is 11.2 Å². The van der Waals surface area contributed by atoms with Crippen LogP contribution in [0.1, 0.15) is 33.3 Å². The predicted molar refractivity (Wildman–Crippen MR) is 71.8 cm³/mol. The molecule has 0 saturated carbocycles. The van der Waals surface area contributed by atoms with E-state index in [2.05, 4.69) is 9.97 Å². The van der Waals surface area contributed by atoms with Crippen LogP contribution in [-0.4, -0.2) is 37.9 Å². The van der Waals surface area contributed by atoms with Crippen molar-refractivity contribution in [3.05, 3.63) is 40.9 Å². The predicted octanol–water partition coefficient (Wildman–Crippen LogP) is 1.27. The molecule has 1 amide bonds. The largest absolute Gasteiger partial charge is 0.480 e. The van der Waals surface area contributed by atoms with Crippen molar-refractivity contribution in [2.24, 2.45) is 0 Å². The molecule has 2 aromatic rings. The number of aliphatic carboxylic acids is 1. The number of aromatic amines is 1. The first kappa shape index (κ1) is 13.4. The fourth-order valence-corrected chi connectivity index (χ4v) is 2.67. The Hall–Kier alpha value is -2.57. The summed E-state index contributed by atoms with van der Waals surface area (Å²) in [4.78, 5) is 32.5. The molecular formula is C14H15N3O4. The van der Waals surface area contributed by atoms with Gasteiger partial charge in [-0.15, -0.1) is 0 Å². The number of H-pyrrole nitrogens is 1. The molecule has 7 heteroatoms. The molecule has 0 aromatic carbocycles. The lowest BCUT2D eigenvalue weighted by Crippen LogP contribution is -2.48. The number of nitrogens with one attached hydrogen (secondary N) is 1. The smallest absolute Gasteiger partial charge is 0.326 e. The van der Waals surface area contributed by atoms with Crippen molar-refractivity contribution in [2.75, 3.05) is 0 Å². The molecule has 0 spiro atoms. The van der Waals surface area contributed by atoms with Gasteiger partial charge in [0.1, 0.15) is 17.6 Å². The minimum absolute atomic E-state index is 0.203. The van der Waals surface area contributed by atoms with Gasteiger partial charge in [0.2, 0.25) is 0 Å². The monoisotopic (exact) mass is 289 g/mol. The molecule has 1 aliphatic heterocycles. The van der Waals surface area contributed by atoms with Gasteiger partial charge in [-0.2, -0.15) is 0 Å². The maximum Gasteiger partial charge on any atom is 0.326 e. The highest BCUT2D eigenvalue weighted by molar-refractivity contribution is 5.97. The van der Waals surface area contributed by atoms with E-state index in [1.54, 1.807) is 19.9 Å². The summed E-state index contributed by atoms with van der Waals surface area (Å²) in [5, 5.41) is 9.39. The average Bonchev–Trinajstić information content (AvgIpc) is 3.01. The van der Waals surface area contributed by atoms with Gasteiger partial charge in [0.05, 0.1) is 29.8 Å². The van der Waals surface area contributed by atoms with Crippen molar-refractivity contribution in [3.63, 3.8) is 0 Å². The summed E-state index contributed by atoms with van der Waals surface area (Å²) >= 11 is 0. The zero-order valence-electron chi connectivity index (χ0n) is 11.7. The number of imidazole rings is 1. The molecule has 3 heterocycles. The number of hydrogen-bond acceptors (Lipinski definition) is 4. The lowest BCUT2D eigenvalue weighted by Gasteiger charge is -2.32. The number of amides is 1. The molecule has 110 valence electrons. The van der Waals surface area contributed by atoms with E-state index in [1.807, 2.05) is 0 Å². The number of aryl methyl sites for hydroxylation is 2.